The third kappa shape index (κ3) is 4.22. The van der Waals surface area contributed by atoms with Crippen molar-refractivity contribution >= 4 is 44.6 Å². The van der Waals surface area contributed by atoms with Crippen LogP contribution in [-0.4, -0.2) is 9.91 Å². The van der Waals surface area contributed by atoms with Crippen LogP contribution in [-0.2, 0) is 0 Å². The van der Waals surface area contributed by atoms with Gasteiger partial charge >= 0.3 is 0 Å². The summed E-state index contributed by atoms with van der Waals surface area (Å²) in [6.07, 6.45) is 1.62. The van der Waals surface area contributed by atoms with Crippen molar-refractivity contribution in [2.24, 2.45) is 0 Å². The van der Waals surface area contributed by atoms with E-state index >= 15 is 0 Å². The molecule has 0 aliphatic rings. The van der Waals surface area contributed by atoms with Gasteiger partial charge in [-0.1, -0.05) is 40.2 Å². The predicted octanol–water partition coefficient (Wildman–Crippen LogP) is 6.80. The average molecular weight is 478 g/mol. The number of hydrogen-bond donors (Lipinski definition) is 0. The number of nitro benzene ring substituents is 1. The summed E-state index contributed by atoms with van der Waals surface area (Å²) in [5.41, 5.74) is 2.71. The second kappa shape index (κ2) is 8.45. The van der Waals surface area contributed by atoms with E-state index in [-0.39, 0.29) is 5.69 Å². The lowest BCUT2D eigenvalue weighted by molar-refractivity contribution is -0.384. The van der Waals surface area contributed by atoms with Crippen LogP contribution in [0.4, 0.5) is 5.69 Å². The lowest BCUT2D eigenvalue weighted by Crippen LogP contribution is -1.87. The van der Waals surface area contributed by atoms with Crippen LogP contribution < -0.4 is 0 Å². The lowest BCUT2D eigenvalue weighted by atomic mass is 10.1. The highest BCUT2D eigenvalue weighted by molar-refractivity contribution is 9.10. The number of hydrogen-bond acceptors (Lipinski definition) is 6. The van der Waals surface area contributed by atoms with Gasteiger partial charge in [0.15, 0.2) is 0 Å². The Hall–Kier alpha value is -3.54. The molecule has 4 aromatic rings. The van der Waals surface area contributed by atoms with Crippen molar-refractivity contribution in [1.29, 1.82) is 5.26 Å². The van der Waals surface area contributed by atoms with Crippen LogP contribution >= 0.6 is 27.3 Å². The van der Waals surface area contributed by atoms with Gasteiger partial charge in [-0.15, -0.1) is 11.3 Å². The van der Waals surface area contributed by atoms with Gasteiger partial charge in [0.2, 0.25) is 0 Å². The second-order valence-electron chi connectivity index (χ2n) is 6.22. The van der Waals surface area contributed by atoms with Crippen LogP contribution in [0.5, 0.6) is 0 Å². The number of thiazole rings is 1. The van der Waals surface area contributed by atoms with E-state index in [2.05, 4.69) is 27.0 Å². The van der Waals surface area contributed by atoms with Gasteiger partial charge < -0.3 is 4.42 Å². The second-order valence-corrected chi connectivity index (χ2v) is 8.00. The lowest BCUT2D eigenvalue weighted by Gasteiger charge is -1.97. The molecule has 0 aliphatic carbocycles. The zero-order valence-corrected chi connectivity index (χ0v) is 17.7. The molecule has 2 aromatic carbocycles. The molecule has 0 aliphatic heterocycles. The number of benzene rings is 2. The fraction of sp³-hybridized carbons (Fsp3) is 0. The molecule has 0 amide bonds. The molecule has 0 spiro atoms. The van der Waals surface area contributed by atoms with E-state index in [0.29, 0.717) is 27.7 Å². The van der Waals surface area contributed by atoms with E-state index in [1.54, 1.807) is 30.3 Å². The van der Waals surface area contributed by atoms with Crippen LogP contribution in [0.3, 0.4) is 0 Å². The molecule has 0 saturated heterocycles. The van der Waals surface area contributed by atoms with Gasteiger partial charge in [0, 0.05) is 39.2 Å². The molecule has 0 fully saturated rings. The van der Waals surface area contributed by atoms with Crippen molar-refractivity contribution in [3.8, 4) is 28.7 Å². The number of nitro groups is 1. The van der Waals surface area contributed by atoms with Crippen LogP contribution in [0.2, 0.25) is 0 Å². The Kier molecular flexibility index (Phi) is 5.57. The van der Waals surface area contributed by atoms with Gasteiger partial charge in [0.1, 0.15) is 22.6 Å². The minimum absolute atomic E-state index is 0.0121. The molecule has 0 N–H and O–H groups in total. The van der Waals surface area contributed by atoms with E-state index in [9.17, 15) is 15.4 Å². The highest BCUT2D eigenvalue weighted by Crippen LogP contribution is 2.30. The smallest absolute Gasteiger partial charge is 0.270 e. The molecular formula is C22H12BrN3O3S. The first-order valence-electron chi connectivity index (χ1n) is 8.72. The van der Waals surface area contributed by atoms with E-state index in [4.69, 9.17) is 4.42 Å². The van der Waals surface area contributed by atoms with Crippen molar-refractivity contribution in [2.75, 3.05) is 0 Å². The van der Waals surface area contributed by atoms with Gasteiger partial charge in [0.25, 0.3) is 5.69 Å². The normalized spacial score (nSPS) is 11.3. The first-order chi connectivity index (χ1) is 14.5. The molecule has 146 valence electrons. The number of non-ortho nitro benzene ring substituents is 1. The van der Waals surface area contributed by atoms with Crippen molar-refractivity contribution in [3.63, 3.8) is 0 Å². The Bertz CT molecular complexity index is 1300. The van der Waals surface area contributed by atoms with E-state index < -0.39 is 4.92 Å². The summed E-state index contributed by atoms with van der Waals surface area (Å²) in [5.74, 6) is 0.949. The Morgan fingerprint density at radius 2 is 1.97 bits per heavy atom. The Morgan fingerprint density at radius 3 is 2.70 bits per heavy atom. The number of allylic oxidation sites excluding steroid dienone is 1. The molecule has 30 heavy (non-hydrogen) atoms. The summed E-state index contributed by atoms with van der Waals surface area (Å²) < 4.78 is 6.77. The monoisotopic (exact) mass is 477 g/mol. The molecule has 2 aromatic heterocycles. The highest BCUT2D eigenvalue weighted by Gasteiger charge is 2.12. The first-order valence-corrected chi connectivity index (χ1v) is 10.4. The maximum atomic E-state index is 11.0. The number of rotatable bonds is 5. The quantitative estimate of drug-likeness (QED) is 0.179. The van der Waals surface area contributed by atoms with Crippen LogP contribution in [0, 0.1) is 21.4 Å². The predicted molar refractivity (Wildman–Crippen MR) is 120 cm³/mol. The number of furan rings is 1. The first kappa shape index (κ1) is 19.8. The number of nitrogens with zero attached hydrogens (tertiary/aromatic N) is 3. The standard InChI is InChI=1S/C22H12BrN3O3S/c23-17-6-4-14(5-7-17)20-13-30-22(25-20)16(12-24)11-19-8-9-21(29-19)15-2-1-3-18(10-15)26(27)28/h1-11,13H/b16-11+. The Balaban J connectivity index is 1.61. The molecule has 0 atom stereocenters. The summed E-state index contributed by atoms with van der Waals surface area (Å²) >= 11 is 4.79. The van der Waals surface area contributed by atoms with Gasteiger partial charge in [-0.25, -0.2) is 4.98 Å². The third-order valence-electron chi connectivity index (χ3n) is 4.25. The summed E-state index contributed by atoms with van der Waals surface area (Å²) in [4.78, 5) is 15.1. The summed E-state index contributed by atoms with van der Waals surface area (Å²) in [5, 5.41) is 23.1. The SMILES string of the molecule is N#C/C(=C\c1ccc(-c2cccc([N+](=O)[O-])c2)o1)c1nc(-c2ccc(Br)cc2)cs1. The van der Waals surface area contributed by atoms with Gasteiger partial charge in [-0.2, -0.15) is 5.26 Å². The molecule has 0 radical (unpaired) electrons. The Morgan fingerprint density at radius 1 is 1.17 bits per heavy atom. The molecule has 0 saturated carbocycles. The van der Waals surface area contributed by atoms with E-state index in [1.807, 2.05) is 29.6 Å². The van der Waals surface area contributed by atoms with Gasteiger partial charge in [-0.05, 0) is 24.3 Å². The molecule has 0 unspecified atom stereocenters. The van der Waals surface area contributed by atoms with Crippen molar-refractivity contribution in [2.45, 2.75) is 0 Å². The Labute approximate surface area is 184 Å². The van der Waals surface area contributed by atoms with Crippen molar-refractivity contribution in [1.82, 2.24) is 4.98 Å². The summed E-state index contributed by atoms with van der Waals surface area (Å²) in [6.45, 7) is 0. The van der Waals surface area contributed by atoms with Crippen LogP contribution in [0.25, 0.3) is 34.2 Å². The highest BCUT2D eigenvalue weighted by atomic mass is 79.9. The topological polar surface area (TPSA) is 93.0 Å². The molecule has 8 heteroatoms. The van der Waals surface area contributed by atoms with Crippen LogP contribution in [0.1, 0.15) is 10.8 Å². The van der Waals surface area contributed by atoms with Crippen molar-refractivity contribution < 1.29 is 9.34 Å². The summed E-state index contributed by atoms with van der Waals surface area (Å²) in [6, 6.07) is 19.6. The number of nitriles is 1. The zero-order valence-electron chi connectivity index (χ0n) is 15.3. The largest absolute Gasteiger partial charge is 0.457 e. The minimum atomic E-state index is -0.452. The van der Waals surface area contributed by atoms with Gasteiger partial charge in [0.05, 0.1) is 16.2 Å². The number of halogens is 1. The maximum absolute atomic E-state index is 11.0. The molecule has 0 bridgehead atoms. The average Bonchev–Trinajstić information content (AvgIpc) is 3.43. The maximum Gasteiger partial charge on any atom is 0.270 e. The summed E-state index contributed by atoms with van der Waals surface area (Å²) in [7, 11) is 0. The van der Waals surface area contributed by atoms with Crippen LogP contribution in [0.15, 0.2) is 74.9 Å². The fourth-order valence-electron chi connectivity index (χ4n) is 2.79. The minimum Gasteiger partial charge on any atom is -0.457 e. The van der Waals surface area contributed by atoms with Gasteiger partial charge in [-0.3, -0.25) is 10.1 Å². The molecule has 6 nitrogen and oxygen atoms in total. The molecule has 2 heterocycles. The molecular weight excluding hydrogens is 466 g/mol. The number of aromatic nitrogens is 1. The fourth-order valence-corrected chi connectivity index (χ4v) is 3.85. The third-order valence-corrected chi connectivity index (χ3v) is 5.65. The molecule has 4 rings (SSSR count). The van der Waals surface area contributed by atoms with E-state index in [1.165, 1.54) is 23.5 Å². The zero-order chi connectivity index (χ0) is 21.1. The van der Waals surface area contributed by atoms with E-state index in [0.717, 1.165) is 15.7 Å². The van der Waals surface area contributed by atoms with Crippen molar-refractivity contribution in [3.05, 3.63) is 91.4 Å².